The van der Waals surface area contributed by atoms with Crippen molar-refractivity contribution in [3.63, 3.8) is 0 Å². The molecule has 3 unspecified atom stereocenters. The zero-order valence-corrected chi connectivity index (χ0v) is 10.4. The molecule has 0 saturated heterocycles. The average Bonchev–Trinajstić information content (AvgIpc) is 2.15. The average molecular weight is 218 g/mol. The summed E-state index contributed by atoms with van der Waals surface area (Å²) in [4.78, 5) is 0. The highest BCUT2D eigenvalue weighted by molar-refractivity contribution is 4.90. The highest BCUT2D eigenvalue weighted by atomic mass is 16.5. The van der Waals surface area contributed by atoms with Crippen molar-refractivity contribution in [2.75, 3.05) is 20.3 Å². The Morgan fingerprint density at radius 2 is 2.07 bits per heavy atom. The maximum atomic E-state index is 9.29. The van der Waals surface area contributed by atoms with E-state index in [0.717, 1.165) is 12.8 Å². The van der Waals surface area contributed by atoms with Gasteiger partial charge in [0.1, 0.15) is 0 Å². The minimum atomic E-state index is -0.289. The Morgan fingerprint density at radius 1 is 1.47 bits per heavy atom. The number of methoxy groups -OCH3 is 1. The van der Waals surface area contributed by atoms with E-state index in [1.807, 2.05) is 0 Å². The Balaban J connectivity index is 4.25. The van der Waals surface area contributed by atoms with Gasteiger partial charge in [0.15, 0.2) is 0 Å². The topological polar surface area (TPSA) is 67.5 Å². The van der Waals surface area contributed by atoms with E-state index in [-0.39, 0.29) is 17.7 Å². The molecule has 0 rings (SSSR count). The summed E-state index contributed by atoms with van der Waals surface area (Å²) in [5.41, 5.74) is 5.61. The number of ether oxygens (including phenoxy) is 1. The molecule has 0 amide bonds. The lowest BCUT2D eigenvalue weighted by Gasteiger charge is -2.35. The van der Waals surface area contributed by atoms with Crippen molar-refractivity contribution in [3.05, 3.63) is 0 Å². The monoisotopic (exact) mass is 218 g/mol. The number of hydrogen-bond donors (Lipinski definition) is 3. The second kappa shape index (κ2) is 7.17. The van der Waals surface area contributed by atoms with Gasteiger partial charge in [-0.25, -0.2) is 0 Å². The lowest BCUT2D eigenvalue weighted by molar-refractivity contribution is 0.0925. The van der Waals surface area contributed by atoms with E-state index in [1.54, 1.807) is 14.0 Å². The van der Waals surface area contributed by atoms with E-state index < -0.39 is 0 Å². The third kappa shape index (κ3) is 5.47. The molecular weight excluding hydrogens is 192 g/mol. The van der Waals surface area contributed by atoms with Crippen LogP contribution in [0.25, 0.3) is 0 Å². The van der Waals surface area contributed by atoms with E-state index in [0.29, 0.717) is 13.2 Å². The lowest BCUT2D eigenvalue weighted by Crippen LogP contribution is -2.57. The van der Waals surface area contributed by atoms with Crippen LogP contribution >= 0.6 is 0 Å². The molecule has 0 aromatic carbocycles. The zero-order chi connectivity index (χ0) is 11.9. The highest BCUT2D eigenvalue weighted by Gasteiger charge is 2.28. The Morgan fingerprint density at radius 3 is 2.40 bits per heavy atom. The van der Waals surface area contributed by atoms with Gasteiger partial charge < -0.3 is 20.9 Å². The summed E-state index contributed by atoms with van der Waals surface area (Å²) in [5.74, 6) is 0. The molecule has 0 aliphatic carbocycles. The van der Waals surface area contributed by atoms with Crippen LogP contribution in [0.4, 0.5) is 0 Å². The van der Waals surface area contributed by atoms with Crippen LogP contribution in [0.3, 0.4) is 0 Å². The van der Waals surface area contributed by atoms with Crippen LogP contribution in [0.5, 0.6) is 0 Å². The van der Waals surface area contributed by atoms with Gasteiger partial charge in [-0.2, -0.15) is 0 Å². The maximum Gasteiger partial charge on any atom is 0.0656 e. The van der Waals surface area contributed by atoms with Crippen LogP contribution in [0.1, 0.15) is 33.6 Å². The van der Waals surface area contributed by atoms with Crippen molar-refractivity contribution in [1.29, 1.82) is 0 Å². The number of nitrogens with two attached hydrogens (primary N) is 1. The van der Waals surface area contributed by atoms with Crippen molar-refractivity contribution in [1.82, 2.24) is 5.32 Å². The number of hydrogen-bond acceptors (Lipinski definition) is 4. The largest absolute Gasteiger partial charge is 0.393 e. The van der Waals surface area contributed by atoms with Gasteiger partial charge in [0.05, 0.1) is 18.2 Å². The Labute approximate surface area is 93.2 Å². The number of nitrogens with one attached hydrogen (secondary N) is 1. The summed E-state index contributed by atoms with van der Waals surface area (Å²) >= 11 is 0. The summed E-state index contributed by atoms with van der Waals surface area (Å²) in [6.07, 6.45) is 1.36. The van der Waals surface area contributed by atoms with Crippen molar-refractivity contribution < 1.29 is 9.84 Å². The summed E-state index contributed by atoms with van der Waals surface area (Å²) in [5, 5.41) is 12.7. The Hall–Kier alpha value is -0.160. The lowest BCUT2D eigenvalue weighted by atomic mass is 9.95. The normalized spacial score (nSPS) is 19.6. The van der Waals surface area contributed by atoms with Gasteiger partial charge in [-0.05, 0) is 26.7 Å². The molecule has 0 aliphatic rings. The SMILES string of the molecule is CCC(CN)(COC)NC(C)CC(C)O. The standard InChI is InChI=1S/C11H26N2O2/c1-5-11(7-12,8-15-4)13-9(2)6-10(3)14/h9-10,13-14H,5-8,12H2,1-4H3. The molecule has 0 aromatic heterocycles. The molecule has 4 N–H and O–H groups in total. The van der Waals surface area contributed by atoms with E-state index >= 15 is 0 Å². The van der Waals surface area contributed by atoms with Crippen LogP contribution < -0.4 is 11.1 Å². The minimum absolute atomic E-state index is 0.164. The first-order valence-electron chi connectivity index (χ1n) is 5.64. The van der Waals surface area contributed by atoms with Crippen molar-refractivity contribution >= 4 is 0 Å². The predicted octanol–water partition coefficient (Wildman–Crippen LogP) is 0.489. The zero-order valence-electron chi connectivity index (χ0n) is 10.4. The summed E-state index contributed by atoms with van der Waals surface area (Å²) < 4.78 is 5.19. The molecule has 0 heterocycles. The Bertz CT molecular complexity index is 159. The van der Waals surface area contributed by atoms with E-state index in [9.17, 15) is 5.11 Å². The molecule has 15 heavy (non-hydrogen) atoms. The van der Waals surface area contributed by atoms with Crippen molar-refractivity contribution in [3.8, 4) is 0 Å². The van der Waals surface area contributed by atoms with Crippen LogP contribution in [0.2, 0.25) is 0 Å². The Kier molecular flexibility index (Phi) is 7.09. The van der Waals surface area contributed by atoms with Gasteiger partial charge in [0.2, 0.25) is 0 Å². The predicted molar refractivity (Wildman–Crippen MR) is 62.8 cm³/mol. The smallest absolute Gasteiger partial charge is 0.0656 e. The summed E-state index contributed by atoms with van der Waals surface area (Å²) in [6, 6.07) is 0.239. The molecule has 3 atom stereocenters. The second-order valence-electron chi connectivity index (χ2n) is 4.40. The van der Waals surface area contributed by atoms with E-state index in [1.165, 1.54) is 0 Å². The van der Waals surface area contributed by atoms with Crippen LogP contribution in [-0.2, 0) is 4.74 Å². The third-order valence-electron chi connectivity index (χ3n) is 2.74. The molecule has 0 bridgehead atoms. The van der Waals surface area contributed by atoms with Gasteiger partial charge in [-0.15, -0.1) is 0 Å². The number of aliphatic hydroxyl groups is 1. The first-order chi connectivity index (χ1) is 6.99. The van der Waals surface area contributed by atoms with Crippen LogP contribution in [0.15, 0.2) is 0 Å². The molecular formula is C11H26N2O2. The van der Waals surface area contributed by atoms with E-state index in [4.69, 9.17) is 10.5 Å². The fourth-order valence-corrected chi connectivity index (χ4v) is 1.88. The fraction of sp³-hybridized carbons (Fsp3) is 1.00. The van der Waals surface area contributed by atoms with Crippen LogP contribution in [-0.4, -0.2) is 43.1 Å². The molecule has 0 fully saturated rings. The maximum absolute atomic E-state index is 9.29. The number of rotatable bonds is 8. The van der Waals surface area contributed by atoms with Crippen molar-refractivity contribution in [2.24, 2.45) is 5.73 Å². The molecule has 0 saturated carbocycles. The third-order valence-corrected chi connectivity index (χ3v) is 2.74. The minimum Gasteiger partial charge on any atom is -0.393 e. The molecule has 4 heteroatoms. The van der Waals surface area contributed by atoms with Crippen LogP contribution in [0, 0.1) is 0 Å². The van der Waals surface area contributed by atoms with Gasteiger partial charge in [0.25, 0.3) is 0 Å². The molecule has 4 nitrogen and oxygen atoms in total. The van der Waals surface area contributed by atoms with Gasteiger partial charge in [-0.3, -0.25) is 0 Å². The van der Waals surface area contributed by atoms with Gasteiger partial charge >= 0.3 is 0 Å². The second-order valence-corrected chi connectivity index (χ2v) is 4.40. The quantitative estimate of drug-likeness (QED) is 0.554. The molecule has 0 radical (unpaired) electrons. The van der Waals surface area contributed by atoms with Gasteiger partial charge in [-0.1, -0.05) is 6.92 Å². The molecule has 0 spiro atoms. The first-order valence-corrected chi connectivity index (χ1v) is 5.64. The molecule has 0 aromatic rings. The highest BCUT2D eigenvalue weighted by Crippen LogP contribution is 2.12. The summed E-state index contributed by atoms with van der Waals surface area (Å²) in [6.45, 7) is 7.09. The number of aliphatic hydroxyl groups excluding tert-OH is 1. The fourth-order valence-electron chi connectivity index (χ4n) is 1.88. The van der Waals surface area contributed by atoms with E-state index in [2.05, 4.69) is 19.2 Å². The first kappa shape index (κ1) is 14.8. The summed E-state index contributed by atoms with van der Waals surface area (Å²) in [7, 11) is 1.68. The van der Waals surface area contributed by atoms with Crippen molar-refractivity contribution in [2.45, 2.75) is 51.3 Å². The molecule has 92 valence electrons. The van der Waals surface area contributed by atoms with Gasteiger partial charge in [0, 0.05) is 19.7 Å². The molecule has 0 aliphatic heterocycles.